The fourth-order valence-corrected chi connectivity index (χ4v) is 3.22. The number of nitro groups is 1. The molecule has 0 fully saturated rings. The molecule has 9 nitrogen and oxygen atoms in total. The first-order chi connectivity index (χ1) is 12.5. The van der Waals surface area contributed by atoms with Gasteiger partial charge in [0.25, 0.3) is 11.2 Å². The van der Waals surface area contributed by atoms with Crippen LogP contribution in [0, 0.1) is 17.0 Å². The molecule has 0 radical (unpaired) electrons. The number of hydrogen-bond donors (Lipinski definition) is 2. The van der Waals surface area contributed by atoms with Crippen LogP contribution in [0.5, 0.6) is 0 Å². The number of para-hydroxylation sites is 2. The Bertz CT molecular complexity index is 1040. The maximum atomic E-state index is 12.4. The standard InChI is InChI=1S/C16H15N5O4S/c1-10-18-15-11(7-9-26-15)16(23)20(10)19-14(22)6-8-17-12-4-2-3-5-13(12)21(24)25/h2-5,7,9,17H,6,8H2,1H3,(H,19,22). The Balaban J connectivity index is 1.65. The molecular weight excluding hydrogens is 358 g/mol. The van der Waals surface area contributed by atoms with Crippen LogP contribution in [0.3, 0.4) is 0 Å². The lowest BCUT2D eigenvalue weighted by molar-refractivity contribution is -0.384. The fraction of sp³-hybridized carbons (Fsp3) is 0.188. The molecular formula is C16H15N5O4S. The van der Waals surface area contributed by atoms with E-state index in [1.54, 1.807) is 36.6 Å². The highest BCUT2D eigenvalue weighted by Gasteiger charge is 2.14. The van der Waals surface area contributed by atoms with E-state index < -0.39 is 10.8 Å². The Hall–Kier alpha value is -3.27. The van der Waals surface area contributed by atoms with Crippen LogP contribution in [-0.2, 0) is 4.79 Å². The number of aromatic nitrogens is 2. The van der Waals surface area contributed by atoms with E-state index in [-0.39, 0.29) is 24.2 Å². The van der Waals surface area contributed by atoms with Crippen LogP contribution < -0.4 is 16.3 Å². The number of carbonyl (C=O) groups excluding carboxylic acids is 1. The van der Waals surface area contributed by atoms with Crippen molar-refractivity contribution in [1.82, 2.24) is 9.66 Å². The highest BCUT2D eigenvalue weighted by Crippen LogP contribution is 2.22. The highest BCUT2D eigenvalue weighted by molar-refractivity contribution is 7.16. The summed E-state index contributed by atoms with van der Waals surface area (Å²) >= 11 is 1.36. The number of hydrogen-bond acceptors (Lipinski definition) is 7. The van der Waals surface area contributed by atoms with Gasteiger partial charge in [-0.25, -0.2) is 9.66 Å². The van der Waals surface area contributed by atoms with E-state index in [1.807, 2.05) is 0 Å². The van der Waals surface area contributed by atoms with Gasteiger partial charge in [0.1, 0.15) is 16.3 Å². The molecule has 0 bridgehead atoms. The minimum atomic E-state index is -0.493. The molecule has 0 spiro atoms. The molecule has 1 amide bonds. The number of aryl methyl sites for hydroxylation is 1. The second kappa shape index (κ2) is 7.31. The molecule has 26 heavy (non-hydrogen) atoms. The van der Waals surface area contributed by atoms with Gasteiger partial charge >= 0.3 is 0 Å². The third kappa shape index (κ3) is 3.54. The molecule has 0 saturated heterocycles. The molecule has 0 saturated carbocycles. The smallest absolute Gasteiger partial charge is 0.292 e. The zero-order chi connectivity index (χ0) is 18.7. The molecule has 0 aliphatic heterocycles. The van der Waals surface area contributed by atoms with Crippen LogP contribution >= 0.6 is 11.3 Å². The third-order valence-corrected chi connectivity index (χ3v) is 4.48. The lowest BCUT2D eigenvalue weighted by atomic mass is 10.2. The second-order valence-corrected chi connectivity index (χ2v) is 6.32. The Labute approximate surface area is 151 Å². The van der Waals surface area contributed by atoms with Crippen molar-refractivity contribution >= 4 is 38.8 Å². The Kier molecular flexibility index (Phi) is 4.94. The molecule has 0 aliphatic rings. The van der Waals surface area contributed by atoms with Crippen LogP contribution in [-0.4, -0.2) is 27.0 Å². The summed E-state index contributed by atoms with van der Waals surface area (Å²) in [5, 5.41) is 16.0. The predicted molar refractivity (Wildman–Crippen MR) is 99.2 cm³/mol. The average Bonchev–Trinajstić information content (AvgIpc) is 3.07. The summed E-state index contributed by atoms with van der Waals surface area (Å²) in [5.41, 5.74) is 2.45. The Morgan fingerprint density at radius 3 is 2.88 bits per heavy atom. The number of nitrogens with zero attached hydrogens (tertiary/aromatic N) is 3. The van der Waals surface area contributed by atoms with Gasteiger partial charge in [-0.2, -0.15) is 0 Å². The van der Waals surface area contributed by atoms with E-state index in [0.717, 1.165) is 4.68 Å². The van der Waals surface area contributed by atoms with Gasteiger partial charge in [0.2, 0.25) is 5.91 Å². The van der Waals surface area contributed by atoms with Crippen molar-refractivity contribution in [2.45, 2.75) is 13.3 Å². The molecule has 3 aromatic rings. The third-order valence-electron chi connectivity index (χ3n) is 3.67. The molecule has 3 rings (SSSR count). The first kappa shape index (κ1) is 17.5. The Morgan fingerprint density at radius 2 is 2.12 bits per heavy atom. The molecule has 134 valence electrons. The molecule has 0 unspecified atom stereocenters. The minimum absolute atomic E-state index is 0.0274. The zero-order valence-corrected chi connectivity index (χ0v) is 14.6. The molecule has 0 atom stereocenters. The van der Waals surface area contributed by atoms with Crippen LogP contribution in [0.15, 0.2) is 40.5 Å². The Morgan fingerprint density at radius 1 is 1.35 bits per heavy atom. The molecule has 2 aromatic heterocycles. The number of nitrogens with one attached hydrogen (secondary N) is 2. The number of nitro benzene ring substituents is 1. The van der Waals surface area contributed by atoms with Gasteiger partial charge in [0.15, 0.2) is 0 Å². The normalized spacial score (nSPS) is 10.7. The van der Waals surface area contributed by atoms with E-state index in [0.29, 0.717) is 21.7 Å². The van der Waals surface area contributed by atoms with Gasteiger partial charge in [0, 0.05) is 19.0 Å². The van der Waals surface area contributed by atoms with Gasteiger partial charge in [-0.05, 0) is 24.4 Å². The fourth-order valence-electron chi connectivity index (χ4n) is 2.42. The van der Waals surface area contributed by atoms with Crippen molar-refractivity contribution in [3.8, 4) is 0 Å². The SMILES string of the molecule is Cc1nc2sccc2c(=O)n1NC(=O)CCNc1ccccc1[N+](=O)[O-]. The first-order valence-corrected chi connectivity index (χ1v) is 8.59. The number of benzene rings is 1. The highest BCUT2D eigenvalue weighted by atomic mass is 32.1. The summed E-state index contributed by atoms with van der Waals surface area (Å²) in [6.45, 7) is 1.81. The predicted octanol–water partition coefficient (Wildman–Crippen LogP) is 2.25. The van der Waals surface area contributed by atoms with Gasteiger partial charge < -0.3 is 5.32 Å². The zero-order valence-electron chi connectivity index (χ0n) is 13.8. The van der Waals surface area contributed by atoms with Crippen LogP contribution in [0.25, 0.3) is 10.2 Å². The van der Waals surface area contributed by atoms with Crippen molar-refractivity contribution in [2.24, 2.45) is 0 Å². The molecule has 2 heterocycles. The lowest BCUT2D eigenvalue weighted by Crippen LogP contribution is -2.35. The first-order valence-electron chi connectivity index (χ1n) is 7.71. The van der Waals surface area contributed by atoms with Crippen LogP contribution in [0.2, 0.25) is 0 Å². The van der Waals surface area contributed by atoms with Crippen molar-refractivity contribution in [1.29, 1.82) is 0 Å². The van der Waals surface area contributed by atoms with Gasteiger partial charge in [-0.3, -0.25) is 25.1 Å². The number of carbonyl (C=O) groups is 1. The lowest BCUT2D eigenvalue weighted by Gasteiger charge is -2.11. The largest absolute Gasteiger partial charge is 0.379 e. The monoisotopic (exact) mass is 373 g/mol. The van der Waals surface area contributed by atoms with Crippen LogP contribution in [0.4, 0.5) is 11.4 Å². The maximum Gasteiger partial charge on any atom is 0.292 e. The minimum Gasteiger partial charge on any atom is -0.379 e. The average molecular weight is 373 g/mol. The van der Waals surface area contributed by atoms with Gasteiger partial charge in [0.05, 0.1) is 10.3 Å². The summed E-state index contributed by atoms with van der Waals surface area (Å²) in [6.07, 6.45) is 0.0274. The number of fused-ring (bicyclic) bond motifs is 1. The van der Waals surface area contributed by atoms with E-state index >= 15 is 0 Å². The van der Waals surface area contributed by atoms with Gasteiger partial charge in [-0.15, -0.1) is 11.3 Å². The van der Waals surface area contributed by atoms with E-state index in [1.165, 1.54) is 17.4 Å². The molecule has 10 heteroatoms. The number of rotatable bonds is 6. The van der Waals surface area contributed by atoms with E-state index in [2.05, 4.69) is 15.7 Å². The van der Waals surface area contributed by atoms with E-state index in [9.17, 15) is 19.7 Å². The van der Waals surface area contributed by atoms with Crippen molar-refractivity contribution in [3.05, 3.63) is 62.0 Å². The number of anilines is 1. The summed E-state index contributed by atoms with van der Waals surface area (Å²) in [5.74, 6) is -0.0254. The summed E-state index contributed by atoms with van der Waals surface area (Å²) < 4.78 is 1.11. The number of thiophene rings is 1. The van der Waals surface area contributed by atoms with Crippen molar-refractivity contribution in [3.63, 3.8) is 0 Å². The van der Waals surface area contributed by atoms with Crippen LogP contribution in [0.1, 0.15) is 12.2 Å². The maximum absolute atomic E-state index is 12.4. The van der Waals surface area contributed by atoms with Crippen molar-refractivity contribution in [2.75, 3.05) is 17.3 Å². The number of amides is 1. The van der Waals surface area contributed by atoms with Gasteiger partial charge in [-0.1, -0.05) is 12.1 Å². The molecule has 1 aromatic carbocycles. The van der Waals surface area contributed by atoms with Crippen molar-refractivity contribution < 1.29 is 9.72 Å². The molecule has 2 N–H and O–H groups in total. The summed E-state index contributed by atoms with van der Waals surface area (Å²) in [4.78, 5) is 39.9. The summed E-state index contributed by atoms with van der Waals surface area (Å²) in [7, 11) is 0. The topological polar surface area (TPSA) is 119 Å². The van der Waals surface area contributed by atoms with E-state index in [4.69, 9.17) is 0 Å². The molecule has 0 aliphatic carbocycles. The summed E-state index contributed by atoms with van der Waals surface area (Å²) in [6, 6.07) is 7.85. The quantitative estimate of drug-likeness (QED) is 0.505. The second-order valence-electron chi connectivity index (χ2n) is 5.43.